The van der Waals surface area contributed by atoms with Crippen LogP contribution in [0.25, 0.3) is 0 Å². The average Bonchev–Trinajstić information content (AvgIpc) is 4.00. The predicted octanol–water partition coefficient (Wildman–Crippen LogP) is 7.64. The van der Waals surface area contributed by atoms with Crippen molar-refractivity contribution < 1.29 is 52.6 Å². The van der Waals surface area contributed by atoms with Crippen LogP contribution in [0.1, 0.15) is 107 Å². The molecular formula is C43H68Cl2N4O11. The third-order valence-electron chi connectivity index (χ3n) is 9.73. The SMILES string of the molecule is C=CC1CC[C@@H](CC)N1.C=CC1CC[C@@H](CC)N1C(=O)C1[C@@H](C=C)CCN1C(=O)OC(C)(C)C.C=C[C@H]1CCN(C(=O)OC(C)(C)C)[C@@H]1OC=O.ClCCl.O=C=O.O=C=O. The molecule has 0 aromatic rings. The molecular weight excluding hydrogens is 819 g/mol. The van der Waals surface area contributed by atoms with E-state index in [2.05, 4.69) is 45.5 Å². The number of nitrogens with one attached hydrogen (secondary N) is 1. The Morgan fingerprint density at radius 1 is 0.717 bits per heavy atom. The second-order valence-electron chi connectivity index (χ2n) is 15.9. The zero-order valence-electron chi connectivity index (χ0n) is 36.7. The average molecular weight is 888 g/mol. The molecule has 0 aromatic heterocycles. The van der Waals surface area contributed by atoms with Crippen molar-refractivity contribution in [3.8, 4) is 0 Å². The summed E-state index contributed by atoms with van der Waals surface area (Å²) in [5, 5.41) is 3.67. The molecule has 8 atom stereocenters. The lowest BCUT2D eigenvalue weighted by molar-refractivity contribution is -0.193. The lowest BCUT2D eigenvalue weighted by atomic mass is 9.98. The normalized spacial score (nSPS) is 25.0. The van der Waals surface area contributed by atoms with Gasteiger partial charge in [-0.15, -0.1) is 49.5 Å². The molecule has 0 bridgehead atoms. The van der Waals surface area contributed by atoms with Crippen LogP contribution in [0, 0.1) is 11.8 Å². The van der Waals surface area contributed by atoms with Crippen molar-refractivity contribution in [2.45, 2.75) is 154 Å². The molecule has 0 aliphatic carbocycles. The van der Waals surface area contributed by atoms with Crippen LogP contribution in [0.4, 0.5) is 9.59 Å². The van der Waals surface area contributed by atoms with Crippen LogP contribution in [0.2, 0.25) is 0 Å². The number of amides is 3. The molecule has 4 aliphatic rings. The minimum atomic E-state index is -0.597. The maximum absolute atomic E-state index is 13.4. The zero-order chi connectivity index (χ0) is 46.6. The molecule has 1 N–H and O–H groups in total. The Morgan fingerprint density at radius 3 is 1.58 bits per heavy atom. The summed E-state index contributed by atoms with van der Waals surface area (Å²) >= 11 is 9.53. The number of carbonyl (C=O) groups is 4. The van der Waals surface area contributed by atoms with Gasteiger partial charge in [0.05, 0.1) is 11.4 Å². The van der Waals surface area contributed by atoms with Gasteiger partial charge in [-0.25, -0.2) is 9.59 Å². The van der Waals surface area contributed by atoms with Gasteiger partial charge in [0, 0.05) is 43.1 Å². The summed E-state index contributed by atoms with van der Waals surface area (Å²) in [5.74, 6) is -0.0705. The Morgan fingerprint density at radius 2 is 1.20 bits per heavy atom. The molecule has 3 unspecified atom stereocenters. The number of likely N-dealkylation sites (tertiary alicyclic amines) is 3. The van der Waals surface area contributed by atoms with Crippen molar-refractivity contribution in [2.75, 3.05) is 18.4 Å². The smallest absolute Gasteiger partial charge is 0.413 e. The van der Waals surface area contributed by atoms with Gasteiger partial charge in [0.1, 0.15) is 17.2 Å². The largest absolute Gasteiger partial charge is 0.444 e. The fourth-order valence-corrected chi connectivity index (χ4v) is 7.07. The molecule has 4 saturated heterocycles. The fraction of sp³-hybridized carbons (Fsp3) is 0.674. The lowest BCUT2D eigenvalue weighted by Gasteiger charge is -2.36. The minimum Gasteiger partial charge on any atom is -0.444 e. The molecule has 0 radical (unpaired) electrons. The number of alkyl halides is 2. The van der Waals surface area contributed by atoms with Gasteiger partial charge >= 0.3 is 24.5 Å². The Hall–Kier alpha value is -4.26. The van der Waals surface area contributed by atoms with Gasteiger partial charge in [-0.3, -0.25) is 19.4 Å². The van der Waals surface area contributed by atoms with Gasteiger partial charge in [0.2, 0.25) is 5.91 Å². The van der Waals surface area contributed by atoms with Crippen LogP contribution in [-0.4, -0.2) is 118 Å². The van der Waals surface area contributed by atoms with Gasteiger partial charge in [-0.05, 0) is 92.9 Å². The van der Waals surface area contributed by atoms with Crippen molar-refractivity contribution in [1.82, 2.24) is 20.0 Å². The topological polar surface area (TPSA) is 186 Å². The van der Waals surface area contributed by atoms with Crippen LogP contribution >= 0.6 is 23.2 Å². The van der Waals surface area contributed by atoms with Crippen LogP contribution < -0.4 is 5.32 Å². The van der Waals surface area contributed by atoms with Crippen LogP contribution in [-0.2, 0) is 43.0 Å². The number of hydrogen-bond donors (Lipinski definition) is 1. The zero-order valence-corrected chi connectivity index (χ0v) is 38.2. The van der Waals surface area contributed by atoms with E-state index in [0.717, 1.165) is 38.1 Å². The summed E-state index contributed by atoms with van der Waals surface area (Å²) in [4.78, 5) is 85.8. The number of hydrogen-bond acceptors (Lipinski definition) is 12. The van der Waals surface area contributed by atoms with Crippen molar-refractivity contribution in [3.63, 3.8) is 0 Å². The molecule has 0 saturated carbocycles. The Kier molecular flexibility index (Phi) is 29.6. The van der Waals surface area contributed by atoms with E-state index < -0.39 is 35.7 Å². The van der Waals surface area contributed by atoms with Crippen LogP contribution in [0.5, 0.6) is 0 Å². The van der Waals surface area contributed by atoms with E-state index in [0.29, 0.717) is 25.6 Å². The summed E-state index contributed by atoms with van der Waals surface area (Å²) in [5.41, 5.74) is -1.14. The standard InChI is InChI=1S/C20H32N2O3.C12H19NO4.C8H15N.CH2Cl2.2CO2/c1-7-14-12-13-21(19(24)25-20(4,5)6)17(14)18(23)22-15(8-2)10-11-16(22)9-3;1-5-9-6-7-13(10(9)16-8-14)11(15)17-12(2,3)4;1-3-7-5-6-8(4-2)9-7;3*2-1-3/h7-8,14-17H,1-2,9-13H2,3-6H3;5,8-10H,1,6-7H2,2-4H3;3,7-9H,1,4-6H2,2H3;1H2;;/t14-,15?,16+,17?;9-,10+;7?,8-;;;/m001.../s1. The maximum Gasteiger partial charge on any atom is 0.413 e. The maximum atomic E-state index is 13.4. The van der Waals surface area contributed by atoms with E-state index in [4.69, 9.17) is 56.6 Å². The van der Waals surface area contributed by atoms with E-state index in [-0.39, 0.29) is 47.5 Å². The number of ether oxygens (including phenoxy) is 3. The van der Waals surface area contributed by atoms with Gasteiger partial charge in [-0.1, -0.05) is 38.2 Å². The van der Waals surface area contributed by atoms with Crippen LogP contribution in [0.3, 0.4) is 0 Å². The van der Waals surface area contributed by atoms with Crippen molar-refractivity contribution in [2.24, 2.45) is 11.8 Å². The third-order valence-corrected chi connectivity index (χ3v) is 9.73. The monoisotopic (exact) mass is 886 g/mol. The highest BCUT2D eigenvalue weighted by atomic mass is 35.5. The van der Waals surface area contributed by atoms with E-state index in [1.807, 2.05) is 37.8 Å². The van der Waals surface area contributed by atoms with Crippen LogP contribution in [0.15, 0.2) is 50.6 Å². The summed E-state index contributed by atoms with van der Waals surface area (Å²) in [6, 6.07) is 1.08. The molecule has 15 nitrogen and oxygen atoms in total. The Bertz CT molecular complexity index is 1410. The van der Waals surface area contributed by atoms with E-state index in [1.165, 1.54) is 24.2 Å². The summed E-state index contributed by atoms with van der Waals surface area (Å²) in [7, 11) is 0. The predicted molar refractivity (Wildman–Crippen MR) is 228 cm³/mol. The molecule has 340 valence electrons. The molecule has 17 heteroatoms. The minimum absolute atomic E-state index is 0.00232. The number of nitrogens with zero attached hydrogens (tertiary/aromatic N) is 3. The van der Waals surface area contributed by atoms with Crippen molar-refractivity contribution in [1.29, 1.82) is 0 Å². The highest BCUT2D eigenvalue weighted by Crippen LogP contribution is 2.34. The molecule has 0 spiro atoms. The number of rotatable bonds is 9. The second-order valence-corrected chi connectivity index (χ2v) is 16.7. The van der Waals surface area contributed by atoms with Gasteiger partial charge in [0.15, 0.2) is 6.23 Å². The van der Waals surface area contributed by atoms with Gasteiger partial charge < -0.3 is 24.4 Å². The van der Waals surface area contributed by atoms with Gasteiger partial charge in [0.25, 0.3) is 6.47 Å². The molecule has 4 aliphatic heterocycles. The quantitative estimate of drug-likeness (QED) is 0.103. The number of halogens is 2. The summed E-state index contributed by atoms with van der Waals surface area (Å²) in [6.07, 6.45) is 14.5. The summed E-state index contributed by atoms with van der Waals surface area (Å²) in [6.45, 7) is 31.8. The van der Waals surface area contributed by atoms with E-state index in [1.54, 1.807) is 37.8 Å². The molecule has 4 rings (SSSR count). The number of carbonyl (C=O) groups excluding carboxylic acids is 8. The Labute approximate surface area is 366 Å². The fourth-order valence-electron chi connectivity index (χ4n) is 7.07. The summed E-state index contributed by atoms with van der Waals surface area (Å²) < 4.78 is 15.7. The first-order valence-electron chi connectivity index (χ1n) is 20.0. The molecule has 4 heterocycles. The first-order valence-corrected chi connectivity index (χ1v) is 21.1. The molecule has 3 amide bonds. The Balaban J connectivity index is 0. The van der Waals surface area contributed by atoms with Gasteiger partial charge in [-0.2, -0.15) is 19.2 Å². The van der Waals surface area contributed by atoms with Crippen molar-refractivity contribution in [3.05, 3.63) is 50.6 Å². The third kappa shape index (κ3) is 20.8. The first kappa shape index (κ1) is 57.8. The highest BCUT2D eigenvalue weighted by molar-refractivity contribution is 6.40. The lowest BCUT2D eigenvalue weighted by Crippen LogP contribution is -2.53. The second kappa shape index (κ2) is 30.7. The molecule has 0 aromatic carbocycles. The molecule has 4 fully saturated rings. The van der Waals surface area contributed by atoms with E-state index in [9.17, 15) is 19.2 Å². The van der Waals surface area contributed by atoms with E-state index >= 15 is 0 Å². The van der Waals surface area contributed by atoms with Crippen molar-refractivity contribution >= 4 is 60.1 Å². The molecule has 60 heavy (non-hydrogen) atoms. The first-order chi connectivity index (χ1) is 28.2. The highest BCUT2D eigenvalue weighted by Gasteiger charge is 2.47.